The molecule has 1 fully saturated rings. The summed E-state index contributed by atoms with van der Waals surface area (Å²) < 4.78 is 49.0. The van der Waals surface area contributed by atoms with E-state index < -0.39 is 17.5 Å². The highest BCUT2D eigenvalue weighted by Crippen LogP contribution is 2.54. The Hall–Kier alpha value is -1.97. The van der Waals surface area contributed by atoms with E-state index in [4.69, 9.17) is 4.74 Å². The zero-order chi connectivity index (χ0) is 17.0. The van der Waals surface area contributed by atoms with Gasteiger partial charge in [0.25, 0.3) is 0 Å². The van der Waals surface area contributed by atoms with Gasteiger partial charge in [-0.2, -0.15) is 0 Å². The second-order valence-corrected chi connectivity index (χ2v) is 6.86. The molecule has 0 radical (unpaired) electrons. The predicted octanol–water partition coefficient (Wildman–Crippen LogP) is 6.05. The van der Waals surface area contributed by atoms with E-state index in [2.05, 4.69) is 6.92 Å². The van der Waals surface area contributed by atoms with Gasteiger partial charge in [0.15, 0.2) is 23.2 Å². The summed E-state index contributed by atoms with van der Waals surface area (Å²) in [4.78, 5) is 0. The number of benzene rings is 2. The third-order valence-corrected chi connectivity index (χ3v) is 5.32. The van der Waals surface area contributed by atoms with Crippen molar-refractivity contribution < 1.29 is 17.9 Å². The van der Waals surface area contributed by atoms with Crippen LogP contribution in [0.4, 0.5) is 13.2 Å². The molecule has 2 atom stereocenters. The van der Waals surface area contributed by atoms with E-state index >= 15 is 0 Å². The molecule has 2 aliphatic carbocycles. The molecule has 126 valence electrons. The lowest BCUT2D eigenvalue weighted by Crippen LogP contribution is -2.11. The molecule has 4 rings (SSSR count). The third-order valence-electron chi connectivity index (χ3n) is 5.32. The van der Waals surface area contributed by atoms with Gasteiger partial charge in [-0.3, -0.25) is 0 Å². The highest BCUT2D eigenvalue weighted by Gasteiger charge is 2.36. The van der Waals surface area contributed by atoms with Gasteiger partial charge in [-0.05, 0) is 66.5 Å². The zero-order valence-corrected chi connectivity index (χ0v) is 13.8. The van der Waals surface area contributed by atoms with Crippen molar-refractivity contribution in [2.75, 3.05) is 6.61 Å². The van der Waals surface area contributed by atoms with Crippen molar-refractivity contribution >= 4 is 0 Å². The second kappa shape index (κ2) is 5.54. The normalized spacial score (nSPS) is 21.2. The average molecular weight is 332 g/mol. The molecule has 0 aromatic heterocycles. The molecule has 4 heteroatoms. The first-order chi connectivity index (χ1) is 11.5. The molecular weight excluding hydrogens is 313 g/mol. The van der Waals surface area contributed by atoms with Crippen LogP contribution in [0.1, 0.15) is 44.6 Å². The molecule has 0 saturated heterocycles. The molecular formula is C20H19F3O. The smallest absolute Gasteiger partial charge is 0.173 e. The van der Waals surface area contributed by atoms with Gasteiger partial charge in [0, 0.05) is 11.1 Å². The first-order valence-corrected chi connectivity index (χ1v) is 8.50. The van der Waals surface area contributed by atoms with Crippen LogP contribution in [-0.2, 0) is 0 Å². The maximum Gasteiger partial charge on any atom is 0.173 e. The molecule has 0 heterocycles. The number of halogens is 3. The Morgan fingerprint density at radius 1 is 1.00 bits per heavy atom. The molecule has 0 N–H and O–H groups in total. The number of rotatable bonds is 3. The van der Waals surface area contributed by atoms with Gasteiger partial charge >= 0.3 is 0 Å². The van der Waals surface area contributed by atoms with Crippen LogP contribution in [0.25, 0.3) is 22.3 Å². The van der Waals surface area contributed by atoms with Gasteiger partial charge in [-0.25, -0.2) is 13.2 Å². The lowest BCUT2D eigenvalue weighted by atomic mass is 9.77. The van der Waals surface area contributed by atoms with Gasteiger partial charge in [0.2, 0.25) is 0 Å². The van der Waals surface area contributed by atoms with Crippen LogP contribution in [0.3, 0.4) is 0 Å². The summed E-state index contributed by atoms with van der Waals surface area (Å²) >= 11 is 0. The molecule has 1 nitrogen and oxygen atoms in total. The van der Waals surface area contributed by atoms with Crippen molar-refractivity contribution in [3.05, 3.63) is 41.2 Å². The molecule has 0 bridgehead atoms. The van der Waals surface area contributed by atoms with Crippen molar-refractivity contribution in [2.45, 2.75) is 39.0 Å². The summed E-state index contributed by atoms with van der Waals surface area (Å²) in [5.41, 5.74) is 1.88. The fourth-order valence-electron chi connectivity index (χ4n) is 4.12. The minimum Gasteiger partial charge on any atom is -0.491 e. The molecule has 2 aliphatic rings. The van der Waals surface area contributed by atoms with Crippen LogP contribution in [0, 0.1) is 23.4 Å². The van der Waals surface area contributed by atoms with Crippen LogP contribution < -0.4 is 4.74 Å². The van der Waals surface area contributed by atoms with Gasteiger partial charge in [0.05, 0.1) is 6.61 Å². The Kier molecular flexibility index (Phi) is 3.59. The minimum absolute atomic E-state index is 0.0522. The van der Waals surface area contributed by atoms with Crippen molar-refractivity contribution in [3.63, 3.8) is 0 Å². The SMILES string of the molecule is CCOc1ccc2c(c1F)-c1c-2cc(C2CCC(C)C2)c(F)c1F. The highest BCUT2D eigenvalue weighted by molar-refractivity contribution is 6.03. The minimum atomic E-state index is -0.929. The van der Waals surface area contributed by atoms with E-state index in [9.17, 15) is 13.2 Å². The first kappa shape index (κ1) is 15.6. The van der Waals surface area contributed by atoms with Gasteiger partial charge in [-0.15, -0.1) is 0 Å². The molecule has 24 heavy (non-hydrogen) atoms. The summed E-state index contributed by atoms with van der Waals surface area (Å²) in [6, 6.07) is 5.00. The number of fused-ring (bicyclic) bond motifs is 4. The van der Waals surface area contributed by atoms with Gasteiger partial charge in [0.1, 0.15) is 0 Å². The maximum absolute atomic E-state index is 14.6. The Morgan fingerprint density at radius 3 is 2.42 bits per heavy atom. The monoisotopic (exact) mass is 332 g/mol. The number of hydrogen-bond acceptors (Lipinski definition) is 1. The largest absolute Gasteiger partial charge is 0.491 e. The van der Waals surface area contributed by atoms with Crippen LogP contribution >= 0.6 is 0 Å². The molecule has 0 spiro atoms. The van der Waals surface area contributed by atoms with Crippen molar-refractivity contribution in [1.29, 1.82) is 0 Å². The van der Waals surface area contributed by atoms with Crippen molar-refractivity contribution in [2.24, 2.45) is 5.92 Å². The van der Waals surface area contributed by atoms with Crippen LogP contribution in [0.2, 0.25) is 0 Å². The lowest BCUT2D eigenvalue weighted by molar-refractivity contribution is 0.322. The molecule has 2 aromatic rings. The summed E-state index contributed by atoms with van der Waals surface area (Å²) in [6.45, 7) is 4.20. The summed E-state index contributed by atoms with van der Waals surface area (Å²) in [5, 5.41) is 0. The van der Waals surface area contributed by atoms with E-state index in [1.807, 2.05) is 0 Å². The quantitative estimate of drug-likeness (QED) is 0.567. The third kappa shape index (κ3) is 2.08. The fraction of sp³-hybridized carbons (Fsp3) is 0.400. The van der Waals surface area contributed by atoms with E-state index in [1.54, 1.807) is 25.1 Å². The lowest BCUT2D eigenvalue weighted by Gasteiger charge is -2.28. The Balaban J connectivity index is 1.81. The van der Waals surface area contributed by atoms with E-state index in [-0.39, 0.29) is 22.8 Å². The second-order valence-electron chi connectivity index (χ2n) is 6.86. The summed E-state index contributed by atoms with van der Waals surface area (Å²) in [6.07, 6.45) is 2.78. The highest BCUT2D eigenvalue weighted by atomic mass is 19.2. The molecule has 0 aliphatic heterocycles. The van der Waals surface area contributed by atoms with E-state index in [0.29, 0.717) is 29.2 Å². The van der Waals surface area contributed by atoms with E-state index in [0.717, 1.165) is 19.3 Å². The summed E-state index contributed by atoms with van der Waals surface area (Å²) in [5.74, 6) is -1.70. The van der Waals surface area contributed by atoms with Crippen LogP contribution in [0.5, 0.6) is 5.75 Å². The molecule has 2 unspecified atom stereocenters. The Morgan fingerprint density at radius 2 is 1.75 bits per heavy atom. The van der Waals surface area contributed by atoms with Crippen LogP contribution in [0.15, 0.2) is 18.2 Å². The van der Waals surface area contributed by atoms with Crippen LogP contribution in [-0.4, -0.2) is 6.61 Å². The molecule has 2 aromatic carbocycles. The topological polar surface area (TPSA) is 9.23 Å². The van der Waals surface area contributed by atoms with Crippen molar-refractivity contribution in [1.82, 2.24) is 0 Å². The van der Waals surface area contributed by atoms with Gasteiger partial charge in [-0.1, -0.05) is 13.3 Å². The fourth-order valence-corrected chi connectivity index (χ4v) is 4.12. The zero-order valence-electron chi connectivity index (χ0n) is 13.8. The van der Waals surface area contributed by atoms with E-state index in [1.165, 1.54) is 0 Å². The predicted molar refractivity (Wildman–Crippen MR) is 87.7 cm³/mol. The Labute approximate surface area is 139 Å². The standard InChI is InChI=1S/C20H19F3O/c1-3-24-15-7-6-12-14-9-13(11-5-4-10(2)8-11)18(21)20(23)17(14)16(12)19(15)22/h6-7,9-11H,3-5,8H2,1-2H3. The molecule has 0 amide bonds. The average Bonchev–Trinajstić information content (AvgIpc) is 2.96. The maximum atomic E-state index is 14.6. The summed E-state index contributed by atoms with van der Waals surface area (Å²) in [7, 11) is 0. The Bertz CT molecular complexity index is 828. The number of hydrogen-bond donors (Lipinski definition) is 0. The van der Waals surface area contributed by atoms with Gasteiger partial charge < -0.3 is 4.74 Å². The van der Waals surface area contributed by atoms with Crippen molar-refractivity contribution in [3.8, 4) is 28.0 Å². The number of ether oxygens (including phenoxy) is 1. The first-order valence-electron chi connectivity index (χ1n) is 8.50. The molecule has 1 saturated carbocycles.